The molecule has 1 aromatic carbocycles. The molecule has 5 heteroatoms. The molecule has 1 aromatic rings. The molecule has 5 nitrogen and oxygen atoms in total. The molecule has 0 spiro atoms. The van der Waals surface area contributed by atoms with Crippen LogP contribution in [0.1, 0.15) is 63.6 Å². The Morgan fingerprint density at radius 3 is 2.76 bits per heavy atom. The number of benzene rings is 1. The van der Waals surface area contributed by atoms with Crippen LogP contribution in [0.15, 0.2) is 18.2 Å². The van der Waals surface area contributed by atoms with Gasteiger partial charge >= 0.3 is 6.09 Å². The fourth-order valence-corrected chi connectivity index (χ4v) is 3.59. The number of hydrogen-bond donors (Lipinski definition) is 3. The van der Waals surface area contributed by atoms with Crippen molar-refractivity contribution in [2.45, 2.75) is 70.6 Å². The predicted molar refractivity (Wildman–Crippen MR) is 97.7 cm³/mol. The lowest BCUT2D eigenvalue weighted by molar-refractivity contribution is 0.0520. The summed E-state index contributed by atoms with van der Waals surface area (Å²) in [7, 11) is 0. The van der Waals surface area contributed by atoms with Gasteiger partial charge in [0.25, 0.3) is 0 Å². The number of hydrogen-bond acceptors (Lipinski definition) is 4. The molecule has 138 valence electrons. The van der Waals surface area contributed by atoms with Crippen LogP contribution in [-0.2, 0) is 11.2 Å². The van der Waals surface area contributed by atoms with Gasteiger partial charge in [0.1, 0.15) is 11.4 Å². The fraction of sp³-hybridized carbons (Fsp3) is 0.650. The maximum Gasteiger partial charge on any atom is 0.407 e. The summed E-state index contributed by atoms with van der Waals surface area (Å²) in [5.41, 5.74) is 2.04. The van der Waals surface area contributed by atoms with E-state index in [1.807, 2.05) is 32.9 Å². The second-order valence-electron chi connectivity index (χ2n) is 8.32. The smallest absolute Gasteiger partial charge is 0.407 e. The number of fused-ring (bicyclic) bond motifs is 1. The molecule has 0 aliphatic heterocycles. The summed E-state index contributed by atoms with van der Waals surface area (Å²) in [6.07, 6.45) is 5.32. The Labute approximate surface area is 150 Å². The largest absolute Gasteiger partial charge is 0.508 e. The average molecular weight is 346 g/mol. The summed E-state index contributed by atoms with van der Waals surface area (Å²) in [6.45, 7) is 6.18. The number of carbonyl (C=O) groups excluding carboxylic acids is 1. The first-order valence-electron chi connectivity index (χ1n) is 9.36. The predicted octanol–water partition coefficient (Wildman–Crippen LogP) is 3.66. The van der Waals surface area contributed by atoms with E-state index in [2.05, 4.69) is 10.6 Å². The van der Waals surface area contributed by atoms with Crippen LogP contribution in [0.4, 0.5) is 4.79 Å². The minimum Gasteiger partial charge on any atom is -0.508 e. The Bertz CT molecular complexity index is 620. The highest BCUT2D eigenvalue weighted by Gasteiger charge is 2.34. The SMILES string of the molecule is CC(C)(C)OC(=O)NCC(NC1CCCc2ccc(O)cc21)C1CC1. The van der Waals surface area contributed by atoms with Crippen LogP contribution in [0.2, 0.25) is 0 Å². The monoisotopic (exact) mass is 346 g/mol. The minimum absolute atomic E-state index is 0.238. The normalized spacial score (nSPS) is 21.3. The minimum atomic E-state index is -0.480. The van der Waals surface area contributed by atoms with Crippen molar-refractivity contribution < 1.29 is 14.6 Å². The van der Waals surface area contributed by atoms with Gasteiger partial charge in [-0.2, -0.15) is 0 Å². The number of rotatable bonds is 5. The molecule has 1 fully saturated rings. The summed E-state index contributed by atoms with van der Waals surface area (Å²) in [5.74, 6) is 0.930. The van der Waals surface area contributed by atoms with Gasteiger partial charge < -0.3 is 20.5 Å². The first-order chi connectivity index (χ1) is 11.8. The van der Waals surface area contributed by atoms with Gasteiger partial charge in [-0.3, -0.25) is 0 Å². The molecule has 2 aliphatic carbocycles. The van der Waals surface area contributed by atoms with E-state index in [0.717, 1.165) is 19.3 Å². The Morgan fingerprint density at radius 1 is 1.32 bits per heavy atom. The van der Waals surface area contributed by atoms with Crippen molar-refractivity contribution in [1.82, 2.24) is 10.6 Å². The van der Waals surface area contributed by atoms with E-state index in [-0.39, 0.29) is 18.2 Å². The first-order valence-corrected chi connectivity index (χ1v) is 9.36. The number of nitrogens with one attached hydrogen (secondary N) is 2. The number of aromatic hydroxyl groups is 1. The van der Waals surface area contributed by atoms with Crippen LogP contribution in [0, 0.1) is 5.92 Å². The van der Waals surface area contributed by atoms with Gasteiger partial charge in [-0.15, -0.1) is 0 Å². The van der Waals surface area contributed by atoms with E-state index in [1.165, 1.54) is 24.0 Å². The van der Waals surface area contributed by atoms with E-state index in [4.69, 9.17) is 4.74 Å². The zero-order valence-corrected chi connectivity index (χ0v) is 15.5. The standard InChI is InChI=1S/C20H30N2O3/c1-20(2,3)25-19(24)21-12-18(14-7-8-14)22-17-6-4-5-13-9-10-15(23)11-16(13)17/h9-11,14,17-18,22-23H,4-8,12H2,1-3H3,(H,21,24). The third-order valence-electron chi connectivity index (χ3n) is 4.92. The topological polar surface area (TPSA) is 70.6 Å². The number of phenols is 1. The van der Waals surface area contributed by atoms with Crippen LogP contribution in [0.3, 0.4) is 0 Å². The van der Waals surface area contributed by atoms with Crippen LogP contribution in [0.25, 0.3) is 0 Å². The molecule has 0 bridgehead atoms. The number of phenolic OH excluding ortho intramolecular Hbond substituents is 1. The van der Waals surface area contributed by atoms with Gasteiger partial charge in [0.15, 0.2) is 0 Å². The van der Waals surface area contributed by atoms with Gasteiger partial charge in [0, 0.05) is 18.6 Å². The van der Waals surface area contributed by atoms with Crippen molar-refractivity contribution in [2.24, 2.45) is 5.92 Å². The van der Waals surface area contributed by atoms with Crippen LogP contribution >= 0.6 is 0 Å². The molecule has 3 rings (SSSR count). The number of aryl methyl sites for hydroxylation is 1. The molecule has 0 radical (unpaired) electrons. The maximum atomic E-state index is 11.9. The zero-order chi connectivity index (χ0) is 18.0. The number of ether oxygens (including phenoxy) is 1. The Balaban J connectivity index is 1.62. The van der Waals surface area contributed by atoms with E-state index < -0.39 is 5.60 Å². The van der Waals surface area contributed by atoms with E-state index in [1.54, 1.807) is 6.07 Å². The number of carbonyl (C=O) groups is 1. The first kappa shape index (κ1) is 18.1. The molecule has 1 saturated carbocycles. The van der Waals surface area contributed by atoms with Crippen LogP contribution in [-0.4, -0.2) is 29.4 Å². The molecular formula is C20H30N2O3. The van der Waals surface area contributed by atoms with Gasteiger partial charge in [0.05, 0.1) is 0 Å². The highest BCUT2D eigenvalue weighted by atomic mass is 16.6. The highest BCUT2D eigenvalue weighted by molar-refractivity contribution is 5.67. The van der Waals surface area contributed by atoms with Crippen LogP contribution < -0.4 is 10.6 Å². The second-order valence-corrected chi connectivity index (χ2v) is 8.32. The zero-order valence-electron chi connectivity index (χ0n) is 15.5. The van der Waals surface area contributed by atoms with Gasteiger partial charge in [-0.05, 0) is 82.1 Å². The van der Waals surface area contributed by atoms with Crippen molar-refractivity contribution >= 4 is 6.09 Å². The fourth-order valence-electron chi connectivity index (χ4n) is 3.59. The van der Waals surface area contributed by atoms with Crippen molar-refractivity contribution in [3.63, 3.8) is 0 Å². The second kappa shape index (κ2) is 7.24. The molecule has 0 saturated heterocycles. The lowest BCUT2D eigenvalue weighted by Gasteiger charge is -2.31. The van der Waals surface area contributed by atoms with E-state index in [0.29, 0.717) is 18.2 Å². The van der Waals surface area contributed by atoms with Crippen molar-refractivity contribution in [1.29, 1.82) is 0 Å². The molecule has 0 heterocycles. The molecule has 3 N–H and O–H groups in total. The molecule has 0 aromatic heterocycles. The highest BCUT2D eigenvalue weighted by Crippen LogP contribution is 2.37. The summed E-state index contributed by atoms with van der Waals surface area (Å²) in [5, 5.41) is 16.5. The van der Waals surface area contributed by atoms with Gasteiger partial charge in [0.2, 0.25) is 0 Å². The van der Waals surface area contributed by atoms with Crippen molar-refractivity contribution in [2.75, 3.05) is 6.54 Å². The van der Waals surface area contributed by atoms with Crippen molar-refractivity contribution in [3.05, 3.63) is 29.3 Å². The number of amides is 1. The van der Waals surface area contributed by atoms with Crippen LogP contribution in [0.5, 0.6) is 5.75 Å². The Hall–Kier alpha value is -1.75. The quantitative estimate of drug-likeness (QED) is 0.761. The Kier molecular flexibility index (Phi) is 5.23. The summed E-state index contributed by atoms with van der Waals surface area (Å²) in [6, 6.07) is 6.16. The van der Waals surface area contributed by atoms with Crippen molar-refractivity contribution in [3.8, 4) is 5.75 Å². The number of alkyl carbamates (subject to hydrolysis) is 1. The third kappa shape index (κ3) is 5.11. The lowest BCUT2D eigenvalue weighted by atomic mass is 9.87. The molecule has 2 aliphatic rings. The Morgan fingerprint density at radius 2 is 2.08 bits per heavy atom. The van der Waals surface area contributed by atoms with E-state index >= 15 is 0 Å². The average Bonchev–Trinajstić information content (AvgIpc) is 3.34. The lowest BCUT2D eigenvalue weighted by Crippen LogP contribution is -2.45. The maximum absolute atomic E-state index is 11.9. The molecule has 2 atom stereocenters. The van der Waals surface area contributed by atoms with Gasteiger partial charge in [-0.1, -0.05) is 6.07 Å². The summed E-state index contributed by atoms with van der Waals surface area (Å²) >= 11 is 0. The third-order valence-corrected chi connectivity index (χ3v) is 4.92. The van der Waals surface area contributed by atoms with E-state index in [9.17, 15) is 9.90 Å². The molecular weight excluding hydrogens is 316 g/mol. The molecule has 25 heavy (non-hydrogen) atoms. The van der Waals surface area contributed by atoms with Gasteiger partial charge in [-0.25, -0.2) is 4.79 Å². The molecule has 1 amide bonds. The molecule has 2 unspecified atom stereocenters. The summed E-state index contributed by atoms with van der Waals surface area (Å²) in [4.78, 5) is 11.9. The summed E-state index contributed by atoms with van der Waals surface area (Å²) < 4.78 is 5.34.